The zero-order chi connectivity index (χ0) is 19.0. The van der Waals surface area contributed by atoms with Crippen LogP contribution < -0.4 is 5.56 Å². The van der Waals surface area contributed by atoms with Crippen molar-refractivity contribution < 1.29 is 9.53 Å². The lowest BCUT2D eigenvalue weighted by atomic mass is 10.2. The number of carbonyl (C=O) groups is 1. The summed E-state index contributed by atoms with van der Waals surface area (Å²) in [6.45, 7) is 6.40. The Bertz CT molecular complexity index is 1050. The van der Waals surface area contributed by atoms with E-state index in [1.807, 2.05) is 53.6 Å². The third-order valence-corrected chi connectivity index (χ3v) is 5.20. The minimum atomic E-state index is -0.170. The van der Waals surface area contributed by atoms with Crippen molar-refractivity contribution in [1.29, 1.82) is 0 Å². The van der Waals surface area contributed by atoms with Crippen LogP contribution in [0.4, 0.5) is 0 Å². The second-order valence-electron chi connectivity index (χ2n) is 6.74. The smallest absolute Gasteiger partial charge is 0.281 e. The lowest BCUT2D eigenvalue weighted by Gasteiger charge is -2.27. The molecule has 7 nitrogen and oxygen atoms in total. The maximum Gasteiger partial charge on any atom is 0.281 e. The fraction of sp³-hybridized carbons (Fsp3) is 0.350. The van der Waals surface area contributed by atoms with Crippen molar-refractivity contribution in [3.05, 3.63) is 58.3 Å². The van der Waals surface area contributed by atoms with E-state index < -0.39 is 0 Å². The first-order valence-corrected chi connectivity index (χ1v) is 9.06. The zero-order valence-corrected chi connectivity index (χ0v) is 15.5. The molecular formula is C20H22N4O3. The fourth-order valence-corrected chi connectivity index (χ4v) is 3.65. The maximum atomic E-state index is 13.1. The van der Waals surface area contributed by atoms with E-state index in [9.17, 15) is 9.59 Å². The Morgan fingerprint density at radius 1 is 1.11 bits per heavy atom. The summed E-state index contributed by atoms with van der Waals surface area (Å²) in [4.78, 5) is 27.6. The summed E-state index contributed by atoms with van der Waals surface area (Å²) in [6.07, 6.45) is 1.71. The van der Waals surface area contributed by atoms with Gasteiger partial charge in [0.25, 0.3) is 5.56 Å². The molecule has 0 saturated carbocycles. The molecule has 0 atom stereocenters. The highest BCUT2D eigenvalue weighted by molar-refractivity contribution is 5.88. The molecule has 1 aromatic carbocycles. The molecular weight excluding hydrogens is 344 g/mol. The number of nitrogens with zero attached hydrogens (tertiary/aromatic N) is 4. The zero-order valence-electron chi connectivity index (χ0n) is 15.5. The van der Waals surface area contributed by atoms with E-state index in [0.29, 0.717) is 31.7 Å². The third-order valence-electron chi connectivity index (χ3n) is 5.20. The molecule has 1 saturated heterocycles. The molecule has 0 bridgehead atoms. The second-order valence-corrected chi connectivity index (χ2v) is 6.74. The summed E-state index contributed by atoms with van der Waals surface area (Å²) in [5.74, 6) is 0.0427. The Labute approximate surface area is 156 Å². The van der Waals surface area contributed by atoms with Gasteiger partial charge < -0.3 is 14.2 Å². The number of amides is 1. The lowest BCUT2D eigenvalue weighted by molar-refractivity contribution is -0.135. The topological polar surface area (TPSA) is 69.4 Å². The fourth-order valence-electron chi connectivity index (χ4n) is 3.65. The van der Waals surface area contributed by atoms with Crippen LogP contribution >= 0.6 is 0 Å². The van der Waals surface area contributed by atoms with Gasteiger partial charge in [-0.25, -0.2) is 0 Å². The van der Waals surface area contributed by atoms with E-state index in [1.54, 1.807) is 6.20 Å². The van der Waals surface area contributed by atoms with Crippen LogP contribution in [0.3, 0.4) is 0 Å². The van der Waals surface area contributed by atoms with Crippen LogP contribution in [0.25, 0.3) is 16.5 Å². The summed E-state index contributed by atoms with van der Waals surface area (Å²) >= 11 is 0. The number of hydrogen-bond acceptors (Lipinski definition) is 4. The number of carbonyl (C=O) groups excluding carboxylic acids is 1. The number of para-hydroxylation sites is 1. The molecule has 27 heavy (non-hydrogen) atoms. The van der Waals surface area contributed by atoms with Crippen LogP contribution in [0.1, 0.15) is 11.4 Å². The standard InChI is InChI=1S/C20H22N4O3/c1-14-17-12-21-24(16-6-4-3-5-7-16)20(26)19(17)15(2)23(14)13-18(25)22-8-10-27-11-9-22/h3-7,12H,8-11,13H2,1-2H3. The normalized spacial score (nSPS) is 14.7. The number of benzene rings is 1. The molecule has 1 aliphatic rings. The predicted molar refractivity (Wildman–Crippen MR) is 102 cm³/mol. The van der Waals surface area contributed by atoms with Crippen LogP contribution in [0.2, 0.25) is 0 Å². The number of fused-ring (bicyclic) bond motifs is 1. The Balaban J connectivity index is 1.76. The van der Waals surface area contributed by atoms with Gasteiger partial charge in [-0.3, -0.25) is 9.59 Å². The van der Waals surface area contributed by atoms with Gasteiger partial charge in [0.1, 0.15) is 6.54 Å². The third kappa shape index (κ3) is 3.04. The quantitative estimate of drug-likeness (QED) is 0.707. The molecule has 1 amide bonds. The van der Waals surface area contributed by atoms with Gasteiger partial charge in [-0.05, 0) is 26.0 Å². The van der Waals surface area contributed by atoms with Crippen molar-refractivity contribution in [3.8, 4) is 5.69 Å². The van der Waals surface area contributed by atoms with Crippen molar-refractivity contribution in [2.45, 2.75) is 20.4 Å². The van der Waals surface area contributed by atoms with Gasteiger partial charge in [0.05, 0.1) is 30.5 Å². The van der Waals surface area contributed by atoms with Gasteiger partial charge >= 0.3 is 0 Å². The van der Waals surface area contributed by atoms with Crippen LogP contribution in [0.15, 0.2) is 41.3 Å². The second kappa shape index (κ2) is 7.00. The molecule has 0 spiro atoms. The van der Waals surface area contributed by atoms with Crippen molar-refractivity contribution in [2.24, 2.45) is 0 Å². The van der Waals surface area contributed by atoms with E-state index in [4.69, 9.17) is 4.74 Å². The van der Waals surface area contributed by atoms with Crippen molar-refractivity contribution in [2.75, 3.05) is 26.3 Å². The predicted octanol–water partition coefficient (Wildman–Crippen LogP) is 1.66. The number of hydrogen-bond donors (Lipinski definition) is 0. The van der Waals surface area contributed by atoms with Crippen LogP contribution in [-0.4, -0.2) is 51.5 Å². The minimum Gasteiger partial charge on any atom is -0.378 e. The summed E-state index contributed by atoms with van der Waals surface area (Å²) in [6, 6.07) is 9.34. The highest BCUT2D eigenvalue weighted by atomic mass is 16.5. The molecule has 1 fully saturated rings. The van der Waals surface area contributed by atoms with E-state index in [-0.39, 0.29) is 18.0 Å². The maximum absolute atomic E-state index is 13.1. The number of ether oxygens (including phenoxy) is 1. The van der Waals surface area contributed by atoms with Gasteiger partial charge in [-0.15, -0.1) is 0 Å². The van der Waals surface area contributed by atoms with Crippen LogP contribution in [0, 0.1) is 13.8 Å². The van der Waals surface area contributed by atoms with Gasteiger partial charge in [0.2, 0.25) is 5.91 Å². The van der Waals surface area contributed by atoms with Crippen molar-refractivity contribution in [1.82, 2.24) is 19.2 Å². The largest absolute Gasteiger partial charge is 0.378 e. The Morgan fingerprint density at radius 3 is 2.52 bits per heavy atom. The van der Waals surface area contributed by atoms with E-state index in [2.05, 4.69) is 5.10 Å². The van der Waals surface area contributed by atoms with Gasteiger partial charge in [-0.2, -0.15) is 9.78 Å². The molecule has 0 aliphatic carbocycles. The summed E-state index contributed by atoms with van der Waals surface area (Å²) in [5, 5.41) is 5.74. The molecule has 4 rings (SSSR count). The molecule has 7 heteroatoms. The number of rotatable bonds is 3. The van der Waals surface area contributed by atoms with E-state index >= 15 is 0 Å². The van der Waals surface area contributed by atoms with Gasteiger partial charge in [0, 0.05) is 29.9 Å². The summed E-state index contributed by atoms with van der Waals surface area (Å²) in [7, 11) is 0. The van der Waals surface area contributed by atoms with Crippen molar-refractivity contribution >= 4 is 16.7 Å². The molecule has 2 aromatic heterocycles. The molecule has 140 valence electrons. The SMILES string of the molecule is Cc1c2cnn(-c3ccccc3)c(=O)c2c(C)n1CC(=O)N1CCOCC1. The monoisotopic (exact) mass is 366 g/mol. The summed E-state index contributed by atoms with van der Waals surface area (Å²) in [5.41, 5.74) is 2.23. The van der Waals surface area contributed by atoms with E-state index in [0.717, 1.165) is 22.5 Å². The molecule has 3 aromatic rings. The first-order valence-electron chi connectivity index (χ1n) is 9.06. The average Bonchev–Trinajstić information content (AvgIpc) is 2.95. The van der Waals surface area contributed by atoms with E-state index in [1.165, 1.54) is 4.68 Å². The van der Waals surface area contributed by atoms with Crippen LogP contribution in [0.5, 0.6) is 0 Å². The average molecular weight is 366 g/mol. The number of aryl methyl sites for hydroxylation is 2. The number of aromatic nitrogens is 3. The first kappa shape index (κ1) is 17.5. The molecule has 1 aliphatic heterocycles. The van der Waals surface area contributed by atoms with Crippen molar-refractivity contribution in [3.63, 3.8) is 0 Å². The molecule has 0 N–H and O–H groups in total. The molecule has 3 heterocycles. The Hall–Kier alpha value is -2.93. The Kier molecular flexibility index (Phi) is 4.53. The summed E-state index contributed by atoms with van der Waals surface area (Å²) < 4.78 is 8.64. The van der Waals surface area contributed by atoms with Crippen LogP contribution in [-0.2, 0) is 16.1 Å². The first-order chi connectivity index (χ1) is 13.1. The Morgan fingerprint density at radius 2 is 1.81 bits per heavy atom. The molecule has 0 radical (unpaired) electrons. The van der Waals surface area contributed by atoms with Gasteiger partial charge in [-0.1, -0.05) is 18.2 Å². The number of morpholine rings is 1. The minimum absolute atomic E-state index is 0.0427. The highest BCUT2D eigenvalue weighted by Crippen LogP contribution is 2.22. The lowest BCUT2D eigenvalue weighted by Crippen LogP contribution is -2.42. The highest BCUT2D eigenvalue weighted by Gasteiger charge is 2.21. The molecule has 0 unspecified atom stereocenters. The van der Waals surface area contributed by atoms with Gasteiger partial charge in [0.15, 0.2) is 0 Å².